The van der Waals surface area contributed by atoms with Crippen LogP contribution in [0.1, 0.15) is 66.7 Å². The lowest BCUT2D eigenvalue weighted by Gasteiger charge is -2.39. The fourth-order valence-corrected chi connectivity index (χ4v) is 6.37. The lowest BCUT2D eigenvalue weighted by atomic mass is 9.71. The number of amides is 1. The highest BCUT2D eigenvalue weighted by Gasteiger charge is 2.57. The smallest absolute Gasteiger partial charge is 0.305 e. The third-order valence-electron chi connectivity index (χ3n) is 9.32. The van der Waals surface area contributed by atoms with Crippen molar-refractivity contribution in [2.45, 2.75) is 103 Å². The van der Waals surface area contributed by atoms with Crippen molar-refractivity contribution < 1.29 is 38.4 Å². The Hall–Kier alpha value is -2.04. The standard InChI is InChI=1S/C33H51NO8/c1-21(7-10-26-14-25(15-30(36)38-6)16-33(20-41-33)31(26)37)8-11-28-22(2)13-27(24(4)42-28)34-29(35)12-9-23(3)40-19-32(5)17-39-18-32/h7-10,12,22-28,31,37H,11,13-20H2,1-6H3,(H,34,35)/b10-7+,12-9-,21-8+/t22-,23?,24+,25+,26-,27+,28-,31+,33+/m0/s1. The minimum absolute atomic E-state index is 0.0525. The predicted octanol–water partition coefficient (Wildman–Crippen LogP) is 3.89. The molecule has 42 heavy (non-hydrogen) atoms. The van der Waals surface area contributed by atoms with Crippen LogP contribution in [-0.4, -0.2) is 86.6 Å². The van der Waals surface area contributed by atoms with Crippen molar-refractivity contribution in [1.29, 1.82) is 0 Å². The first kappa shape index (κ1) is 32.9. The second kappa shape index (κ2) is 14.2. The molecule has 9 heteroatoms. The van der Waals surface area contributed by atoms with E-state index in [9.17, 15) is 14.7 Å². The summed E-state index contributed by atoms with van der Waals surface area (Å²) in [6, 6.07) is -0.0525. The highest BCUT2D eigenvalue weighted by molar-refractivity contribution is 5.87. The van der Waals surface area contributed by atoms with Crippen LogP contribution in [0.5, 0.6) is 0 Å². The van der Waals surface area contributed by atoms with Gasteiger partial charge in [-0.15, -0.1) is 0 Å². The van der Waals surface area contributed by atoms with E-state index in [2.05, 4.69) is 44.3 Å². The highest BCUT2D eigenvalue weighted by Crippen LogP contribution is 2.48. The van der Waals surface area contributed by atoms with Gasteiger partial charge in [-0.05, 0) is 58.3 Å². The van der Waals surface area contributed by atoms with E-state index in [4.69, 9.17) is 23.7 Å². The molecule has 4 fully saturated rings. The topological polar surface area (TPSA) is 116 Å². The van der Waals surface area contributed by atoms with Crippen LogP contribution in [0.2, 0.25) is 0 Å². The number of epoxide rings is 1. The Kier molecular flexibility index (Phi) is 11.1. The summed E-state index contributed by atoms with van der Waals surface area (Å²) in [7, 11) is 1.41. The van der Waals surface area contributed by atoms with Crippen molar-refractivity contribution in [3.8, 4) is 0 Å². The molecule has 1 unspecified atom stereocenters. The van der Waals surface area contributed by atoms with Gasteiger partial charge in [0.15, 0.2) is 0 Å². The van der Waals surface area contributed by atoms with E-state index in [0.29, 0.717) is 26.1 Å². The second-order valence-electron chi connectivity index (χ2n) is 13.5. The Morgan fingerprint density at radius 3 is 2.55 bits per heavy atom. The molecular formula is C33H51NO8. The third kappa shape index (κ3) is 8.76. The number of carbonyl (C=O) groups is 2. The number of ether oxygens (including phenoxy) is 5. The Bertz CT molecular complexity index is 1030. The molecular weight excluding hydrogens is 538 g/mol. The zero-order chi connectivity index (χ0) is 30.5. The Morgan fingerprint density at radius 2 is 1.90 bits per heavy atom. The minimum Gasteiger partial charge on any atom is -0.469 e. The SMILES string of the molecule is COC(=O)C[C@H]1C[C@H](/C=C/C(C)=C/C[C@@H]2O[C@H](C)[C@H](NC(=O)/C=C\C(C)OCC3(C)COC3)C[C@@H]2C)[C@@H](O)[C@]2(CO2)C1. The summed E-state index contributed by atoms with van der Waals surface area (Å²) in [4.78, 5) is 24.4. The highest BCUT2D eigenvalue weighted by atomic mass is 16.6. The average Bonchev–Trinajstić information content (AvgIpc) is 3.71. The molecule has 0 bridgehead atoms. The summed E-state index contributed by atoms with van der Waals surface area (Å²) in [6.45, 7) is 12.9. The Labute approximate surface area is 251 Å². The molecule has 0 aromatic heterocycles. The van der Waals surface area contributed by atoms with E-state index in [1.54, 1.807) is 12.2 Å². The van der Waals surface area contributed by atoms with Gasteiger partial charge in [-0.1, -0.05) is 43.7 Å². The summed E-state index contributed by atoms with van der Waals surface area (Å²) in [5.41, 5.74) is 0.671. The van der Waals surface area contributed by atoms with E-state index in [-0.39, 0.29) is 59.4 Å². The van der Waals surface area contributed by atoms with Crippen LogP contribution in [0.4, 0.5) is 0 Å². The van der Waals surface area contributed by atoms with Gasteiger partial charge in [-0.2, -0.15) is 0 Å². The molecule has 1 spiro atoms. The van der Waals surface area contributed by atoms with E-state index in [1.807, 2.05) is 13.8 Å². The number of nitrogens with one attached hydrogen (secondary N) is 1. The molecule has 4 rings (SSSR count). The lowest BCUT2D eigenvalue weighted by molar-refractivity contribution is -0.143. The van der Waals surface area contributed by atoms with Gasteiger partial charge >= 0.3 is 5.97 Å². The van der Waals surface area contributed by atoms with Crippen molar-refractivity contribution in [2.24, 2.45) is 23.2 Å². The number of rotatable bonds is 12. The van der Waals surface area contributed by atoms with Gasteiger partial charge < -0.3 is 34.1 Å². The molecule has 1 saturated carbocycles. The van der Waals surface area contributed by atoms with Crippen LogP contribution in [0, 0.1) is 23.2 Å². The molecule has 0 radical (unpaired) electrons. The van der Waals surface area contributed by atoms with Crippen LogP contribution in [0.25, 0.3) is 0 Å². The van der Waals surface area contributed by atoms with E-state index in [0.717, 1.165) is 38.0 Å². The van der Waals surface area contributed by atoms with Gasteiger partial charge in [0.2, 0.25) is 5.91 Å². The fourth-order valence-electron chi connectivity index (χ4n) is 6.37. The summed E-state index contributed by atoms with van der Waals surface area (Å²) < 4.78 is 28.0. The van der Waals surface area contributed by atoms with Crippen molar-refractivity contribution >= 4 is 11.9 Å². The number of methoxy groups -OCH3 is 1. The maximum atomic E-state index is 12.6. The number of esters is 1. The summed E-state index contributed by atoms with van der Waals surface area (Å²) in [5.74, 6) is -0.00529. The van der Waals surface area contributed by atoms with Crippen molar-refractivity contribution in [1.82, 2.24) is 5.32 Å². The quantitative estimate of drug-likeness (QED) is 0.153. The van der Waals surface area contributed by atoms with Crippen molar-refractivity contribution in [3.63, 3.8) is 0 Å². The zero-order valence-corrected chi connectivity index (χ0v) is 26.2. The molecule has 236 valence electrons. The summed E-state index contributed by atoms with van der Waals surface area (Å²) >= 11 is 0. The van der Waals surface area contributed by atoms with E-state index >= 15 is 0 Å². The molecule has 3 aliphatic heterocycles. The van der Waals surface area contributed by atoms with Crippen LogP contribution in [0.3, 0.4) is 0 Å². The van der Waals surface area contributed by atoms with E-state index in [1.165, 1.54) is 7.11 Å². The molecule has 0 aromatic rings. The fraction of sp³-hybridized carbons (Fsp3) is 0.758. The molecule has 1 amide bonds. The summed E-state index contributed by atoms with van der Waals surface area (Å²) in [6.07, 6.45) is 12.3. The number of carbonyl (C=O) groups excluding carboxylic acids is 2. The molecule has 1 aliphatic carbocycles. The molecule has 3 heterocycles. The van der Waals surface area contributed by atoms with Gasteiger partial charge in [0.25, 0.3) is 0 Å². The summed E-state index contributed by atoms with van der Waals surface area (Å²) in [5, 5.41) is 14.0. The first-order valence-corrected chi connectivity index (χ1v) is 15.5. The van der Waals surface area contributed by atoms with Gasteiger partial charge in [0.1, 0.15) is 5.60 Å². The number of hydrogen-bond acceptors (Lipinski definition) is 8. The third-order valence-corrected chi connectivity index (χ3v) is 9.32. The minimum atomic E-state index is -0.568. The monoisotopic (exact) mass is 589 g/mol. The van der Waals surface area contributed by atoms with Crippen LogP contribution < -0.4 is 5.32 Å². The van der Waals surface area contributed by atoms with Gasteiger partial charge in [0, 0.05) is 23.8 Å². The average molecular weight is 590 g/mol. The molecule has 9 nitrogen and oxygen atoms in total. The molecule has 4 aliphatic rings. The van der Waals surface area contributed by atoms with Crippen LogP contribution >= 0.6 is 0 Å². The second-order valence-corrected chi connectivity index (χ2v) is 13.5. The van der Waals surface area contributed by atoms with Crippen molar-refractivity contribution in [2.75, 3.05) is 33.5 Å². The van der Waals surface area contributed by atoms with Crippen LogP contribution in [0.15, 0.2) is 36.0 Å². The first-order chi connectivity index (χ1) is 19.9. The van der Waals surface area contributed by atoms with Gasteiger partial charge in [-0.25, -0.2) is 0 Å². The molecule has 9 atom stereocenters. The number of aliphatic hydroxyl groups excluding tert-OH is 1. The zero-order valence-electron chi connectivity index (χ0n) is 26.2. The normalized spacial score (nSPS) is 37.0. The maximum Gasteiger partial charge on any atom is 0.305 e. The maximum absolute atomic E-state index is 12.6. The number of allylic oxidation sites excluding steroid dienone is 2. The van der Waals surface area contributed by atoms with Gasteiger partial charge in [-0.3, -0.25) is 9.59 Å². The van der Waals surface area contributed by atoms with Crippen LogP contribution in [-0.2, 0) is 33.3 Å². The molecule has 0 aromatic carbocycles. The Morgan fingerprint density at radius 1 is 1.17 bits per heavy atom. The van der Waals surface area contributed by atoms with E-state index < -0.39 is 11.7 Å². The number of hydrogen-bond donors (Lipinski definition) is 2. The molecule has 2 N–H and O–H groups in total. The number of aliphatic hydroxyl groups is 1. The Balaban J connectivity index is 1.22. The molecule has 3 saturated heterocycles. The van der Waals surface area contributed by atoms with Gasteiger partial charge in [0.05, 0.1) is 64.0 Å². The first-order valence-electron chi connectivity index (χ1n) is 15.5. The largest absolute Gasteiger partial charge is 0.469 e. The predicted molar refractivity (Wildman–Crippen MR) is 159 cm³/mol. The lowest BCUT2D eigenvalue weighted by Crippen LogP contribution is -2.50. The van der Waals surface area contributed by atoms with Crippen molar-refractivity contribution in [3.05, 3.63) is 36.0 Å².